The fourth-order valence-electron chi connectivity index (χ4n) is 3.39. The molecule has 0 radical (unpaired) electrons. The third-order valence-corrected chi connectivity index (χ3v) is 4.73. The second-order valence-electron chi connectivity index (χ2n) is 7.21. The van der Waals surface area contributed by atoms with Crippen LogP contribution in [0.1, 0.15) is 52.9 Å². The maximum absolute atomic E-state index is 12.3. The quantitative estimate of drug-likeness (QED) is 0.578. The van der Waals surface area contributed by atoms with E-state index in [1.54, 1.807) is 0 Å². The molecule has 128 valence electrons. The van der Waals surface area contributed by atoms with Gasteiger partial charge in [-0.15, -0.1) is 0 Å². The van der Waals surface area contributed by atoms with Gasteiger partial charge in [0.05, 0.1) is 11.8 Å². The van der Waals surface area contributed by atoms with Crippen LogP contribution in [-0.4, -0.2) is 35.2 Å². The summed E-state index contributed by atoms with van der Waals surface area (Å²) in [6.45, 7) is 6.19. The molecule has 0 aromatic carbocycles. The van der Waals surface area contributed by atoms with E-state index in [0.717, 1.165) is 24.2 Å². The highest BCUT2D eigenvalue weighted by molar-refractivity contribution is 6.07. The molecule has 3 amide bonds. The highest BCUT2D eigenvalue weighted by atomic mass is 16.2. The zero-order valence-corrected chi connectivity index (χ0v) is 14.4. The highest BCUT2D eigenvalue weighted by Gasteiger charge is 2.47. The van der Waals surface area contributed by atoms with Gasteiger partial charge in [-0.3, -0.25) is 19.3 Å². The van der Waals surface area contributed by atoms with Gasteiger partial charge in [-0.05, 0) is 32.1 Å². The maximum Gasteiger partial charge on any atom is 0.240 e. The van der Waals surface area contributed by atoms with Crippen molar-refractivity contribution in [1.29, 1.82) is 0 Å². The molecule has 3 atom stereocenters. The molecule has 2 rings (SSSR count). The van der Waals surface area contributed by atoms with Crippen molar-refractivity contribution in [3.05, 3.63) is 12.2 Å². The van der Waals surface area contributed by atoms with E-state index in [1.807, 2.05) is 19.1 Å². The van der Waals surface area contributed by atoms with E-state index in [0.29, 0.717) is 18.8 Å². The van der Waals surface area contributed by atoms with Crippen molar-refractivity contribution >= 4 is 17.7 Å². The third-order valence-electron chi connectivity index (χ3n) is 4.73. The minimum absolute atomic E-state index is 0.0676. The third kappa shape index (κ3) is 4.43. The Morgan fingerprint density at radius 1 is 1.13 bits per heavy atom. The van der Waals surface area contributed by atoms with Crippen molar-refractivity contribution in [3.8, 4) is 0 Å². The molecule has 1 heterocycles. The molecule has 0 aromatic heterocycles. The van der Waals surface area contributed by atoms with E-state index in [4.69, 9.17) is 0 Å². The smallest absolute Gasteiger partial charge is 0.240 e. The van der Waals surface area contributed by atoms with Crippen molar-refractivity contribution in [2.75, 3.05) is 6.54 Å². The Bertz CT molecular complexity index is 472. The number of hydrogen-bond donors (Lipinski definition) is 1. The van der Waals surface area contributed by atoms with Crippen molar-refractivity contribution in [2.24, 2.45) is 17.8 Å². The topological polar surface area (TPSA) is 66.5 Å². The van der Waals surface area contributed by atoms with Gasteiger partial charge in [0.1, 0.15) is 6.54 Å². The summed E-state index contributed by atoms with van der Waals surface area (Å²) >= 11 is 0. The van der Waals surface area contributed by atoms with Crippen molar-refractivity contribution in [1.82, 2.24) is 10.2 Å². The average Bonchev–Trinajstić information content (AvgIpc) is 2.72. The van der Waals surface area contributed by atoms with Crippen molar-refractivity contribution in [3.63, 3.8) is 0 Å². The maximum atomic E-state index is 12.3. The predicted molar refractivity (Wildman–Crippen MR) is 88.4 cm³/mol. The number of nitrogens with one attached hydrogen (secondary N) is 1. The molecule has 23 heavy (non-hydrogen) atoms. The minimum Gasteiger partial charge on any atom is -0.352 e. The second-order valence-corrected chi connectivity index (χ2v) is 7.21. The number of carbonyl (C=O) groups excluding carboxylic acids is 3. The monoisotopic (exact) mass is 320 g/mol. The number of amides is 3. The first-order chi connectivity index (χ1) is 10.9. The Morgan fingerprint density at radius 2 is 1.70 bits per heavy atom. The van der Waals surface area contributed by atoms with E-state index in [-0.39, 0.29) is 42.1 Å². The number of allylic oxidation sites excluding steroid dienone is 2. The Balaban J connectivity index is 1.81. The lowest BCUT2D eigenvalue weighted by molar-refractivity contribution is -0.143. The molecule has 1 aliphatic heterocycles. The van der Waals surface area contributed by atoms with Crippen LogP contribution in [0.15, 0.2) is 12.2 Å². The van der Waals surface area contributed by atoms with Gasteiger partial charge in [0.15, 0.2) is 0 Å². The van der Waals surface area contributed by atoms with Crippen LogP contribution in [0.4, 0.5) is 0 Å². The molecule has 1 fully saturated rings. The van der Waals surface area contributed by atoms with Gasteiger partial charge >= 0.3 is 0 Å². The molecule has 5 heteroatoms. The molecule has 1 N–H and O–H groups in total. The minimum atomic E-state index is -0.260. The van der Waals surface area contributed by atoms with Gasteiger partial charge < -0.3 is 5.32 Å². The Labute approximate surface area is 138 Å². The summed E-state index contributed by atoms with van der Waals surface area (Å²) in [5.74, 6) is -0.475. The molecule has 1 saturated heterocycles. The number of carbonyl (C=O) groups is 3. The van der Waals surface area contributed by atoms with Crippen LogP contribution in [0, 0.1) is 17.8 Å². The van der Waals surface area contributed by atoms with E-state index in [9.17, 15) is 14.4 Å². The zero-order chi connectivity index (χ0) is 17.0. The first-order valence-electron chi connectivity index (χ1n) is 8.69. The summed E-state index contributed by atoms with van der Waals surface area (Å²) in [5, 5.41) is 2.90. The molecule has 0 unspecified atom stereocenters. The van der Waals surface area contributed by atoms with Crippen molar-refractivity contribution in [2.45, 2.75) is 58.9 Å². The lowest BCUT2D eigenvalue weighted by Crippen LogP contribution is -2.43. The standard InChI is InChI=1S/C18H28N2O3/c1-12(2)7-6-8-13(3)19-16(21)11-20-17(22)14-9-4-5-10-15(14)18(20)23/h4-5,12-15H,6-11H2,1-3H3,(H,19,21)/t13-,14-,15-/m0/s1. The molecule has 1 aliphatic carbocycles. The Kier molecular flexibility index (Phi) is 5.97. The van der Waals surface area contributed by atoms with E-state index in [2.05, 4.69) is 19.2 Å². The Hall–Kier alpha value is -1.65. The van der Waals surface area contributed by atoms with E-state index >= 15 is 0 Å². The van der Waals surface area contributed by atoms with Gasteiger partial charge in [0.25, 0.3) is 0 Å². The largest absolute Gasteiger partial charge is 0.352 e. The number of nitrogens with zero attached hydrogens (tertiary/aromatic N) is 1. The lowest BCUT2D eigenvalue weighted by Gasteiger charge is -2.18. The summed E-state index contributed by atoms with van der Waals surface area (Å²) in [6.07, 6.45) is 8.24. The summed E-state index contributed by atoms with van der Waals surface area (Å²) in [6, 6.07) is 0.0676. The first kappa shape index (κ1) is 17.7. The molecular weight excluding hydrogens is 292 g/mol. The predicted octanol–water partition coefficient (Wildman–Crippen LogP) is 2.27. The first-order valence-corrected chi connectivity index (χ1v) is 8.69. The van der Waals surface area contributed by atoms with Gasteiger partial charge in [-0.1, -0.05) is 38.8 Å². The number of rotatable bonds is 7. The number of likely N-dealkylation sites (tertiary alicyclic amines) is 1. The van der Waals surface area contributed by atoms with E-state index < -0.39 is 0 Å². The number of hydrogen-bond acceptors (Lipinski definition) is 3. The average molecular weight is 320 g/mol. The summed E-state index contributed by atoms with van der Waals surface area (Å²) in [7, 11) is 0. The van der Waals surface area contributed by atoms with Crippen LogP contribution in [0.2, 0.25) is 0 Å². The fourth-order valence-corrected chi connectivity index (χ4v) is 3.39. The van der Waals surface area contributed by atoms with Crippen LogP contribution >= 0.6 is 0 Å². The number of fused-ring (bicyclic) bond motifs is 1. The second kappa shape index (κ2) is 7.75. The fraction of sp³-hybridized carbons (Fsp3) is 0.722. The van der Waals surface area contributed by atoms with Crippen LogP contribution in [0.3, 0.4) is 0 Å². The summed E-state index contributed by atoms with van der Waals surface area (Å²) in [4.78, 5) is 37.9. The summed E-state index contributed by atoms with van der Waals surface area (Å²) < 4.78 is 0. The lowest BCUT2D eigenvalue weighted by atomic mass is 9.85. The SMILES string of the molecule is CC(C)CCC[C@H](C)NC(=O)CN1C(=O)[C@H]2CC=CC[C@@H]2C1=O. The Morgan fingerprint density at radius 3 is 2.22 bits per heavy atom. The molecule has 0 saturated carbocycles. The van der Waals surface area contributed by atoms with Crippen LogP contribution in [-0.2, 0) is 14.4 Å². The van der Waals surface area contributed by atoms with Gasteiger partial charge in [-0.25, -0.2) is 0 Å². The van der Waals surface area contributed by atoms with Gasteiger partial charge in [-0.2, -0.15) is 0 Å². The van der Waals surface area contributed by atoms with Crippen LogP contribution in [0.5, 0.6) is 0 Å². The molecule has 0 spiro atoms. The summed E-state index contributed by atoms with van der Waals surface area (Å²) in [5.41, 5.74) is 0. The van der Waals surface area contributed by atoms with Crippen LogP contribution in [0.25, 0.3) is 0 Å². The van der Waals surface area contributed by atoms with Gasteiger partial charge in [0.2, 0.25) is 17.7 Å². The highest BCUT2D eigenvalue weighted by Crippen LogP contribution is 2.34. The molecule has 5 nitrogen and oxygen atoms in total. The molecule has 2 aliphatic rings. The van der Waals surface area contributed by atoms with Crippen molar-refractivity contribution < 1.29 is 14.4 Å². The zero-order valence-electron chi connectivity index (χ0n) is 14.4. The number of imide groups is 1. The molecule has 0 bridgehead atoms. The van der Waals surface area contributed by atoms with E-state index in [1.165, 1.54) is 0 Å². The molecule has 0 aromatic rings. The normalized spacial score (nSPS) is 25.0. The van der Waals surface area contributed by atoms with Crippen LogP contribution < -0.4 is 5.32 Å². The van der Waals surface area contributed by atoms with Gasteiger partial charge in [0, 0.05) is 6.04 Å². The molecular formula is C18H28N2O3.